The number of nitrogens with one attached hydrogen (secondary N) is 1. The highest BCUT2D eigenvalue weighted by Gasteiger charge is 2.28. The molecule has 0 aliphatic heterocycles. The van der Waals surface area contributed by atoms with Crippen LogP contribution in [0.2, 0.25) is 0 Å². The number of aryl methyl sites for hydroxylation is 1. The molecule has 1 aromatic rings. The maximum atomic E-state index is 11.0. The molecule has 2 atom stereocenters. The number of rotatable bonds is 8. The summed E-state index contributed by atoms with van der Waals surface area (Å²) in [4.78, 5) is 21.9. The van der Waals surface area contributed by atoms with Crippen LogP contribution in [0.5, 0.6) is 0 Å². The van der Waals surface area contributed by atoms with E-state index in [1.54, 1.807) is 6.92 Å². The van der Waals surface area contributed by atoms with Crippen molar-refractivity contribution in [3.8, 4) is 0 Å². The third-order valence-electron chi connectivity index (χ3n) is 2.79. The van der Waals surface area contributed by atoms with Gasteiger partial charge in [0.05, 0.1) is 6.61 Å². The summed E-state index contributed by atoms with van der Waals surface area (Å²) < 4.78 is 10.1. The molecule has 1 aromatic carbocycles. The van der Waals surface area contributed by atoms with Gasteiger partial charge in [0.15, 0.2) is 0 Å². The number of carbonyl (C=O) groups is 2. The zero-order valence-electron chi connectivity index (χ0n) is 12.5. The van der Waals surface area contributed by atoms with Crippen LogP contribution in [0.25, 0.3) is 0 Å². The summed E-state index contributed by atoms with van der Waals surface area (Å²) in [6.45, 7) is 5.57. The summed E-state index contributed by atoms with van der Waals surface area (Å²) in [5.41, 5.74) is 2.12. The first-order chi connectivity index (χ1) is 9.90. The lowest BCUT2D eigenvalue weighted by Gasteiger charge is -2.20. The summed E-state index contributed by atoms with van der Waals surface area (Å²) in [5, 5.41) is 12.2. The summed E-state index contributed by atoms with van der Waals surface area (Å²) >= 11 is 0. The molecule has 0 aromatic heterocycles. The van der Waals surface area contributed by atoms with E-state index in [9.17, 15) is 9.59 Å². The minimum Gasteiger partial charge on any atom is -0.478 e. The van der Waals surface area contributed by atoms with Crippen LogP contribution < -0.4 is 5.32 Å². The highest BCUT2D eigenvalue weighted by atomic mass is 16.6. The predicted molar refractivity (Wildman–Crippen MR) is 78.3 cm³/mol. The Labute approximate surface area is 124 Å². The minimum absolute atomic E-state index is 0.306. The Morgan fingerprint density at radius 3 is 2.67 bits per heavy atom. The zero-order chi connectivity index (χ0) is 15.8. The lowest BCUT2D eigenvalue weighted by molar-refractivity contribution is -0.172. The standard InChI is InChI=1S/C15H21NO5/c1-10-5-4-6-13(9-10)16-7-8-20-11(2)14(15(18)19)21-12(3)17/h4-6,9,11,14,16H,7-8H2,1-3H3,(H,18,19)/t11-,14+/m0/s1. The number of carbonyl (C=O) groups excluding carboxylic acids is 1. The van der Waals surface area contributed by atoms with E-state index >= 15 is 0 Å². The second-order valence-corrected chi connectivity index (χ2v) is 4.74. The molecule has 0 fully saturated rings. The molecule has 6 nitrogen and oxygen atoms in total. The van der Waals surface area contributed by atoms with E-state index in [2.05, 4.69) is 5.32 Å². The highest BCUT2D eigenvalue weighted by Crippen LogP contribution is 2.09. The van der Waals surface area contributed by atoms with Gasteiger partial charge in [-0.3, -0.25) is 4.79 Å². The van der Waals surface area contributed by atoms with E-state index in [4.69, 9.17) is 14.6 Å². The number of hydrogen-bond acceptors (Lipinski definition) is 5. The largest absolute Gasteiger partial charge is 0.478 e. The third kappa shape index (κ3) is 6.27. The van der Waals surface area contributed by atoms with Crippen LogP contribution in [-0.4, -0.2) is 42.4 Å². The fourth-order valence-electron chi connectivity index (χ4n) is 1.81. The van der Waals surface area contributed by atoms with Crippen LogP contribution in [0.4, 0.5) is 5.69 Å². The molecule has 0 saturated heterocycles. The van der Waals surface area contributed by atoms with Crippen molar-refractivity contribution in [2.75, 3.05) is 18.5 Å². The monoisotopic (exact) mass is 295 g/mol. The molecule has 2 N–H and O–H groups in total. The van der Waals surface area contributed by atoms with Crippen LogP contribution in [0.3, 0.4) is 0 Å². The molecule has 0 saturated carbocycles. The van der Waals surface area contributed by atoms with Crippen molar-refractivity contribution in [1.29, 1.82) is 0 Å². The smallest absolute Gasteiger partial charge is 0.347 e. The first kappa shape index (κ1) is 17.0. The normalized spacial score (nSPS) is 13.3. The summed E-state index contributed by atoms with van der Waals surface area (Å²) in [6.07, 6.45) is -2.01. The van der Waals surface area contributed by atoms with E-state index in [1.165, 1.54) is 6.92 Å². The van der Waals surface area contributed by atoms with E-state index in [-0.39, 0.29) is 0 Å². The number of ether oxygens (including phenoxy) is 2. The van der Waals surface area contributed by atoms with Crippen LogP contribution in [0.1, 0.15) is 19.4 Å². The highest BCUT2D eigenvalue weighted by molar-refractivity contribution is 5.77. The van der Waals surface area contributed by atoms with Gasteiger partial charge < -0.3 is 19.9 Å². The molecule has 1 rings (SSSR count). The van der Waals surface area contributed by atoms with Crippen molar-refractivity contribution < 1.29 is 24.2 Å². The number of aliphatic carboxylic acids is 1. The zero-order valence-corrected chi connectivity index (χ0v) is 12.5. The van der Waals surface area contributed by atoms with Gasteiger partial charge in [0.2, 0.25) is 6.10 Å². The SMILES string of the molecule is CC(=O)O[C@@H](C(=O)O)[C@H](C)OCCNc1cccc(C)c1. The third-order valence-corrected chi connectivity index (χ3v) is 2.79. The Balaban J connectivity index is 2.36. The molecule has 0 radical (unpaired) electrons. The van der Waals surface area contributed by atoms with E-state index in [0.29, 0.717) is 13.2 Å². The Morgan fingerprint density at radius 1 is 1.38 bits per heavy atom. The summed E-state index contributed by atoms with van der Waals surface area (Å²) in [6, 6.07) is 7.89. The van der Waals surface area contributed by atoms with Crippen LogP contribution >= 0.6 is 0 Å². The molecular weight excluding hydrogens is 274 g/mol. The Kier molecular flexibility index (Phi) is 6.68. The van der Waals surface area contributed by atoms with Gasteiger partial charge in [-0.1, -0.05) is 12.1 Å². The van der Waals surface area contributed by atoms with Crippen molar-refractivity contribution in [2.24, 2.45) is 0 Å². The number of anilines is 1. The van der Waals surface area contributed by atoms with Gasteiger partial charge in [0.1, 0.15) is 6.10 Å². The molecule has 21 heavy (non-hydrogen) atoms. The molecule has 0 heterocycles. The van der Waals surface area contributed by atoms with Gasteiger partial charge in [-0.05, 0) is 31.5 Å². The van der Waals surface area contributed by atoms with Gasteiger partial charge in [-0.2, -0.15) is 0 Å². The number of hydrogen-bond donors (Lipinski definition) is 2. The van der Waals surface area contributed by atoms with E-state index in [0.717, 1.165) is 11.3 Å². The lowest BCUT2D eigenvalue weighted by atomic mass is 10.2. The Bertz CT molecular complexity index is 489. The maximum Gasteiger partial charge on any atom is 0.347 e. The average molecular weight is 295 g/mol. The van der Waals surface area contributed by atoms with Crippen molar-refractivity contribution in [3.05, 3.63) is 29.8 Å². The van der Waals surface area contributed by atoms with E-state index < -0.39 is 24.1 Å². The first-order valence-corrected chi connectivity index (χ1v) is 6.72. The number of esters is 1. The van der Waals surface area contributed by atoms with Crippen LogP contribution in [0.15, 0.2) is 24.3 Å². The number of benzene rings is 1. The molecule has 0 amide bonds. The molecule has 0 spiro atoms. The van der Waals surface area contributed by atoms with Gasteiger partial charge in [0.25, 0.3) is 0 Å². The van der Waals surface area contributed by atoms with Gasteiger partial charge in [0, 0.05) is 19.2 Å². The summed E-state index contributed by atoms with van der Waals surface area (Å²) in [7, 11) is 0. The maximum absolute atomic E-state index is 11.0. The molecule has 0 aliphatic carbocycles. The summed E-state index contributed by atoms with van der Waals surface area (Å²) in [5.74, 6) is -1.86. The predicted octanol–water partition coefficient (Wildman–Crippen LogP) is 1.83. The van der Waals surface area contributed by atoms with Gasteiger partial charge in [-0.15, -0.1) is 0 Å². The molecule has 0 aliphatic rings. The first-order valence-electron chi connectivity index (χ1n) is 6.72. The quantitative estimate of drug-likeness (QED) is 0.562. The van der Waals surface area contributed by atoms with Crippen molar-refractivity contribution >= 4 is 17.6 Å². The van der Waals surface area contributed by atoms with Crippen LogP contribution in [-0.2, 0) is 19.1 Å². The average Bonchev–Trinajstić information content (AvgIpc) is 2.40. The molecular formula is C15H21NO5. The van der Waals surface area contributed by atoms with Gasteiger partial charge >= 0.3 is 11.9 Å². The Hall–Kier alpha value is -2.08. The van der Waals surface area contributed by atoms with E-state index in [1.807, 2.05) is 31.2 Å². The molecule has 116 valence electrons. The van der Waals surface area contributed by atoms with Crippen LogP contribution in [0, 0.1) is 6.92 Å². The van der Waals surface area contributed by atoms with Crippen molar-refractivity contribution in [1.82, 2.24) is 0 Å². The minimum atomic E-state index is -1.29. The topological polar surface area (TPSA) is 84.9 Å². The lowest BCUT2D eigenvalue weighted by Crippen LogP contribution is -2.38. The molecule has 6 heteroatoms. The van der Waals surface area contributed by atoms with Gasteiger partial charge in [-0.25, -0.2) is 4.79 Å². The Morgan fingerprint density at radius 2 is 2.10 bits per heavy atom. The van der Waals surface area contributed by atoms with Crippen molar-refractivity contribution in [3.63, 3.8) is 0 Å². The van der Waals surface area contributed by atoms with Crippen molar-refractivity contribution in [2.45, 2.75) is 33.0 Å². The number of carboxylic acids is 1. The fourth-order valence-corrected chi connectivity index (χ4v) is 1.81. The fraction of sp³-hybridized carbons (Fsp3) is 0.467. The molecule has 0 bridgehead atoms. The molecule has 0 unspecified atom stereocenters. The second kappa shape index (κ2) is 8.26. The second-order valence-electron chi connectivity index (χ2n) is 4.74. The number of carboxylic acid groups (broad SMARTS) is 1.